The van der Waals surface area contributed by atoms with Crippen LogP contribution in [0.15, 0.2) is 30.6 Å². The van der Waals surface area contributed by atoms with Gasteiger partial charge in [-0.25, -0.2) is 4.39 Å². The van der Waals surface area contributed by atoms with Crippen LogP contribution in [-0.4, -0.2) is 26.9 Å². The number of benzene rings is 1. The number of aromatic nitrogens is 2. The van der Waals surface area contributed by atoms with E-state index in [1.165, 1.54) is 12.1 Å². The fraction of sp³-hybridized carbons (Fsp3) is 0.375. The summed E-state index contributed by atoms with van der Waals surface area (Å²) in [5, 5.41) is 16.7. The highest BCUT2D eigenvalue weighted by Crippen LogP contribution is 2.38. The number of carbonyl (C=O) groups is 1. The highest BCUT2D eigenvalue weighted by Gasteiger charge is 2.36. The molecule has 0 spiro atoms. The second-order valence-corrected chi connectivity index (χ2v) is 6.32. The van der Waals surface area contributed by atoms with Crippen LogP contribution in [0.5, 0.6) is 0 Å². The van der Waals surface area contributed by atoms with Gasteiger partial charge in [0.1, 0.15) is 5.82 Å². The van der Waals surface area contributed by atoms with Crippen molar-refractivity contribution in [1.29, 1.82) is 0 Å². The Labute approximate surface area is 138 Å². The predicted molar refractivity (Wildman–Crippen MR) is 83.6 cm³/mol. The first kappa shape index (κ1) is 16.0. The molecule has 3 rings (SSSR count). The molecule has 0 radical (unpaired) electrons. The van der Waals surface area contributed by atoms with E-state index < -0.39 is 5.82 Å². The van der Waals surface area contributed by atoms with Crippen LogP contribution in [0, 0.1) is 11.7 Å². The molecule has 1 aromatic carbocycles. The molecule has 0 saturated heterocycles. The van der Waals surface area contributed by atoms with Crippen LogP contribution in [0.4, 0.5) is 4.39 Å². The Morgan fingerprint density at radius 2 is 2.26 bits per heavy atom. The Bertz CT molecular complexity index is 728. The lowest BCUT2D eigenvalue weighted by Gasteiger charge is -2.37. The van der Waals surface area contributed by atoms with E-state index in [0.717, 1.165) is 11.6 Å². The molecule has 1 fully saturated rings. The van der Waals surface area contributed by atoms with Crippen LogP contribution in [0.1, 0.15) is 34.8 Å². The number of halogens is 2. The molecule has 1 unspecified atom stereocenters. The minimum atomic E-state index is -0.488. The topological polar surface area (TPSA) is 67.2 Å². The summed E-state index contributed by atoms with van der Waals surface area (Å²) < 4.78 is 14.8. The van der Waals surface area contributed by atoms with Crippen LogP contribution >= 0.6 is 11.6 Å². The third kappa shape index (κ3) is 3.38. The second kappa shape index (κ2) is 6.29. The van der Waals surface area contributed by atoms with Crippen LogP contribution in [0.2, 0.25) is 5.02 Å². The van der Waals surface area contributed by atoms with E-state index in [0.29, 0.717) is 12.8 Å². The first-order valence-corrected chi connectivity index (χ1v) is 7.74. The first-order valence-electron chi connectivity index (χ1n) is 7.36. The quantitative estimate of drug-likeness (QED) is 0.900. The molecule has 7 heteroatoms. The number of hydrogen-bond donors (Lipinski definition) is 2. The molecule has 0 aliphatic heterocycles. The third-order valence-corrected chi connectivity index (χ3v) is 4.48. The van der Waals surface area contributed by atoms with E-state index in [1.807, 2.05) is 6.20 Å². The maximum Gasteiger partial charge on any atom is 0.253 e. The van der Waals surface area contributed by atoms with Crippen molar-refractivity contribution in [1.82, 2.24) is 15.1 Å². The minimum absolute atomic E-state index is 0.0704. The lowest BCUT2D eigenvalue weighted by Crippen LogP contribution is -2.41. The van der Waals surface area contributed by atoms with Gasteiger partial charge in [-0.05, 0) is 37.0 Å². The van der Waals surface area contributed by atoms with Crippen LogP contribution in [0.3, 0.4) is 0 Å². The zero-order valence-electron chi connectivity index (χ0n) is 12.5. The summed E-state index contributed by atoms with van der Waals surface area (Å²) >= 11 is 5.95. The Morgan fingerprint density at radius 1 is 1.52 bits per heavy atom. The smallest absolute Gasteiger partial charge is 0.253 e. The largest absolute Gasteiger partial charge is 0.393 e. The van der Waals surface area contributed by atoms with Gasteiger partial charge >= 0.3 is 0 Å². The predicted octanol–water partition coefficient (Wildman–Crippen LogP) is 2.45. The zero-order valence-corrected chi connectivity index (χ0v) is 13.3. The van der Waals surface area contributed by atoms with E-state index in [2.05, 4.69) is 10.4 Å². The molecular weight excluding hydrogens is 321 g/mol. The van der Waals surface area contributed by atoms with Gasteiger partial charge in [0.05, 0.1) is 28.9 Å². The molecule has 1 heterocycles. The van der Waals surface area contributed by atoms with Crippen molar-refractivity contribution in [2.75, 3.05) is 0 Å². The molecule has 1 aromatic heterocycles. The van der Waals surface area contributed by atoms with Crippen LogP contribution in [-0.2, 0) is 7.05 Å². The van der Waals surface area contributed by atoms with Gasteiger partial charge in [0.25, 0.3) is 5.91 Å². The van der Waals surface area contributed by atoms with Crippen molar-refractivity contribution in [3.63, 3.8) is 0 Å². The number of carbonyl (C=O) groups excluding carboxylic acids is 1. The monoisotopic (exact) mass is 337 g/mol. The van der Waals surface area contributed by atoms with Gasteiger partial charge in [0, 0.05) is 18.8 Å². The molecule has 0 bridgehead atoms. The summed E-state index contributed by atoms with van der Waals surface area (Å²) in [6, 6.07) is 3.42. The van der Waals surface area contributed by atoms with Crippen molar-refractivity contribution in [2.24, 2.45) is 13.0 Å². The molecule has 1 aliphatic rings. The van der Waals surface area contributed by atoms with Crippen molar-refractivity contribution in [2.45, 2.75) is 25.0 Å². The number of aliphatic hydroxyl groups excluding tert-OH is 1. The molecule has 2 N–H and O–H groups in total. The van der Waals surface area contributed by atoms with Crippen molar-refractivity contribution >= 4 is 17.5 Å². The van der Waals surface area contributed by atoms with Gasteiger partial charge in [0.15, 0.2) is 0 Å². The Hall–Kier alpha value is -1.92. The van der Waals surface area contributed by atoms with E-state index in [-0.39, 0.29) is 34.6 Å². The number of aryl methyl sites for hydroxylation is 1. The SMILES string of the molecule is Cn1cc(C(NC(=O)c2ccc(F)cc2Cl)C2CC(O)C2)cn1. The first-order chi connectivity index (χ1) is 10.9. The number of hydrogen-bond acceptors (Lipinski definition) is 3. The summed E-state index contributed by atoms with van der Waals surface area (Å²) in [5.41, 5.74) is 1.10. The number of rotatable bonds is 4. The molecule has 2 aromatic rings. The zero-order chi connectivity index (χ0) is 16.6. The lowest BCUT2D eigenvalue weighted by atomic mass is 9.75. The number of aliphatic hydroxyl groups is 1. The summed E-state index contributed by atoms with van der Waals surface area (Å²) in [7, 11) is 1.80. The number of nitrogens with one attached hydrogen (secondary N) is 1. The fourth-order valence-electron chi connectivity index (χ4n) is 2.87. The molecule has 122 valence electrons. The normalized spacial score (nSPS) is 21.6. The molecule has 5 nitrogen and oxygen atoms in total. The summed E-state index contributed by atoms with van der Waals surface area (Å²) in [6.07, 6.45) is 4.45. The van der Waals surface area contributed by atoms with E-state index in [1.54, 1.807) is 17.9 Å². The minimum Gasteiger partial charge on any atom is -0.393 e. The average Bonchev–Trinajstić information content (AvgIpc) is 2.88. The Morgan fingerprint density at radius 3 is 2.83 bits per heavy atom. The second-order valence-electron chi connectivity index (χ2n) is 5.91. The number of nitrogens with zero attached hydrogens (tertiary/aromatic N) is 2. The molecule has 1 amide bonds. The maximum absolute atomic E-state index is 13.1. The Balaban J connectivity index is 1.81. The van der Waals surface area contributed by atoms with Crippen LogP contribution < -0.4 is 5.32 Å². The standard InChI is InChI=1S/C16H17ClFN3O2/c1-21-8-10(7-19-21)15(9-4-12(22)5-9)20-16(23)13-3-2-11(18)6-14(13)17/h2-3,6-9,12,15,22H,4-5H2,1H3,(H,20,23). The number of amides is 1. The van der Waals surface area contributed by atoms with Gasteiger partial charge in [-0.15, -0.1) is 0 Å². The van der Waals surface area contributed by atoms with Gasteiger partial charge in [-0.3, -0.25) is 9.48 Å². The van der Waals surface area contributed by atoms with E-state index >= 15 is 0 Å². The van der Waals surface area contributed by atoms with Crippen molar-refractivity contribution in [3.8, 4) is 0 Å². The van der Waals surface area contributed by atoms with Crippen molar-refractivity contribution < 1.29 is 14.3 Å². The molecule has 1 saturated carbocycles. The lowest BCUT2D eigenvalue weighted by molar-refractivity contribution is 0.0235. The highest BCUT2D eigenvalue weighted by atomic mass is 35.5. The third-order valence-electron chi connectivity index (χ3n) is 4.17. The van der Waals surface area contributed by atoms with Gasteiger partial charge in [-0.1, -0.05) is 11.6 Å². The fourth-order valence-corrected chi connectivity index (χ4v) is 3.12. The Kier molecular flexibility index (Phi) is 4.37. The summed E-state index contributed by atoms with van der Waals surface area (Å²) in [6.45, 7) is 0. The maximum atomic E-state index is 13.1. The van der Waals surface area contributed by atoms with E-state index in [4.69, 9.17) is 11.6 Å². The van der Waals surface area contributed by atoms with E-state index in [9.17, 15) is 14.3 Å². The van der Waals surface area contributed by atoms with Crippen LogP contribution in [0.25, 0.3) is 0 Å². The molecular formula is C16H17ClFN3O2. The molecule has 1 aliphatic carbocycles. The average molecular weight is 338 g/mol. The van der Waals surface area contributed by atoms with Crippen molar-refractivity contribution in [3.05, 3.63) is 52.6 Å². The molecule has 1 atom stereocenters. The van der Waals surface area contributed by atoms with Gasteiger partial charge in [0.2, 0.25) is 0 Å². The molecule has 23 heavy (non-hydrogen) atoms. The van der Waals surface area contributed by atoms with Gasteiger partial charge < -0.3 is 10.4 Å². The highest BCUT2D eigenvalue weighted by molar-refractivity contribution is 6.33. The summed E-state index contributed by atoms with van der Waals surface area (Å²) in [5.74, 6) is -0.722. The summed E-state index contributed by atoms with van der Waals surface area (Å²) in [4.78, 5) is 12.5. The van der Waals surface area contributed by atoms with Gasteiger partial charge in [-0.2, -0.15) is 5.10 Å².